The molecule has 0 aliphatic heterocycles. The molecule has 0 unspecified atom stereocenters. The Morgan fingerprint density at radius 1 is 1.24 bits per heavy atom. The van der Waals surface area contributed by atoms with Gasteiger partial charge in [-0.3, -0.25) is 9.78 Å². The third-order valence-electron chi connectivity index (χ3n) is 2.68. The van der Waals surface area contributed by atoms with Gasteiger partial charge < -0.3 is 5.32 Å². The van der Waals surface area contributed by atoms with E-state index in [0.717, 1.165) is 5.56 Å². The molecular formula is C14H12N6O. The van der Waals surface area contributed by atoms with Crippen LogP contribution in [0, 0.1) is 0 Å². The molecule has 0 fully saturated rings. The first-order valence-electron chi connectivity index (χ1n) is 6.29. The van der Waals surface area contributed by atoms with E-state index in [1.165, 1.54) is 6.92 Å². The third-order valence-corrected chi connectivity index (χ3v) is 2.68. The number of hydrogen-bond acceptors (Lipinski definition) is 5. The molecule has 0 saturated heterocycles. The van der Waals surface area contributed by atoms with Crippen molar-refractivity contribution in [3.05, 3.63) is 49.1 Å². The molecule has 7 heteroatoms. The Morgan fingerprint density at radius 2 is 2.14 bits per heavy atom. The van der Waals surface area contributed by atoms with Gasteiger partial charge in [-0.2, -0.15) is 5.10 Å². The summed E-state index contributed by atoms with van der Waals surface area (Å²) in [4.78, 5) is 24.1. The molecule has 0 radical (unpaired) electrons. The molecule has 3 rings (SSSR count). The number of anilines is 1. The van der Waals surface area contributed by atoms with Gasteiger partial charge in [-0.1, -0.05) is 0 Å². The lowest BCUT2D eigenvalue weighted by Gasteiger charge is -2.08. The van der Waals surface area contributed by atoms with Gasteiger partial charge in [-0.05, 0) is 18.2 Å². The predicted molar refractivity (Wildman–Crippen MR) is 76.7 cm³/mol. The molecule has 104 valence electrons. The van der Waals surface area contributed by atoms with E-state index in [9.17, 15) is 4.79 Å². The summed E-state index contributed by atoms with van der Waals surface area (Å²) in [5.41, 5.74) is 0.762. The van der Waals surface area contributed by atoms with Gasteiger partial charge in [0.25, 0.3) is 0 Å². The zero-order valence-corrected chi connectivity index (χ0v) is 11.3. The number of nitrogens with zero attached hydrogens (tertiary/aromatic N) is 5. The van der Waals surface area contributed by atoms with E-state index in [2.05, 4.69) is 25.4 Å². The van der Waals surface area contributed by atoms with Crippen molar-refractivity contribution >= 4 is 11.7 Å². The summed E-state index contributed by atoms with van der Waals surface area (Å²) in [6, 6.07) is 7.11. The third kappa shape index (κ3) is 2.92. The molecule has 1 N–H and O–H groups in total. The molecule has 0 atom stereocenters. The molecular weight excluding hydrogens is 268 g/mol. The number of rotatable bonds is 3. The number of nitrogens with one attached hydrogen (secondary N) is 1. The molecule has 3 aromatic heterocycles. The van der Waals surface area contributed by atoms with Gasteiger partial charge in [0.05, 0.1) is 0 Å². The van der Waals surface area contributed by atoms with Crippen molar-refractivity contribution in [1.29, 1.82) is 0 Å². The number of carbonyl (C=O) groups excluding carboxylic acids is 1. The highest BCUT2D eigenvalue weighted by molar-refractivity contribution is 5.88. The summed E-state index contributed by atoms with van der Waals surface area (Å²) < 4.78 is 1.60. The van der Waals surface area contributed by atoms with E-state index in [1.807, 2.05) is 6.07 Å². The highest BCUT2D eigenvalue weighted by atomic mass is 16.1. The van der Waals surface area contributed by atoms with E-state index >= 15 is 0 Å². The molecule has 7 nitrogen and oxygen atoms in total. The minimum Gasteiger partial charge on any atom is -0.311 e. The van der Waals surface area contributed by atoms with Crippen LogP contribution >= 0.6 is 0 Å². The Labute approximate surface area is 120 Å². The fourth-order valence-electron chi connectivity index (χ4n) is 1.82. The molecule has 0 aliphatic carbocycles. The van der Waals surface area contributed by atoms with Gasteiger partial charge in [0.15, 0.2) is 11.6 Å². The molecule has 0 bridgehead atoms. The van der Waals surface area contributed by atoms with Gasteiger partial charge in [0.2, 0.25) is 5.91 Å². The summed E-state index contributed by atoms with van der Waals surface area (Å²) in [6.45, 7) is 1.43. The number of amides is 1. The fraction of sp³-hybridized carbons (Fsp3) is 0.0714. The first-order chi connectivity index (χ1) is 10.2. The molecule has 0 aliphatic rings. The first kappa shape index (κ1) is 12.9. The van der Waals surface area contributed by atoms with Crippen LogP contribution in [-0.2, 0) is 4.79 Å². The summed E-state index contributed by atoms with van der Waals surface area (Å²) >= 11 is 0. The van der Waals surface area contributed by atoms with Crippen molar-refractivity contribution in [1.82, 2.24) is 24.7 Å². The van der Waals surface area contributed by atoms with Crippen molar-refractivity contribution < 1.29 is 4.79 Å². The highest BCUT2D eigenvalue weighted by Crippen LogP contribution is 2.18. The lowest BCUT2D eigenvalue weighted by atomic mass is 10.2. The van der Waals surface area contributed by atoms with Crippen molar-refractivity contribution in [2.24, 2.45) is 0 Å². The Bertz CT molecular complexity index is 754. The fourth-order valence-corrected chi connectivity index (χ4v) is 1.82. The second-order valence-electron chi connectivity index (χ2n) is 4.31. The van der Waals surface area contributed by atoms with E-state index in [4.69, 9.17) is 0 Å². The largest absolute Gasteiger partial charge is 0.311 e. The number of pyridine rings is 1. The van der Waals surface area contributed by atoms with Crippen molar-refractivity contribution in [2.45, 2.75) is 6.92 Å². The molecule has 0 spiro atoms. The second kappa shape index (κ2) is 5.49. The highest BCUT2D eigenvalue weighted by Gasteiger charge is 2.09. The molecule has 0 saturated carbocycles. The van der Waals surface area contributed by atoms with Crippen molar-refractivity contribution in [2.75, 3.05) is 5.32 Å². The average molecular weight is 280 g/mol. The maximum atomic E-state index is 11.3. The number of carbonyl (C=O) groups is 1. The van der Waals surface area contributed by atoms with Crippen LogP contribution in [0.5, 0.6) is 0 Å². The lowest BCUT2D eigenvalue weighted by molar-refractivity contribution is -0.114. The molecule has 0 aromatic carbocycles. The Balaban J connectivity index is 2.11. The van der Waals surface area contributed by atoms with E-state index < -0.39 is 0 Å². The van der Waals surface area contributed by atoms with Crippen LogP contribution in [-0.4, -0.2) is 30.6 Å². The standard InChI is InChI=1S/C14H12N6O/c1-10(21)17-12-8-13(20-7-3-6-16-20)19-14(18-12)11-4-2-5-15-9-11/h2-9H,1H3,(H,17,18,19,21). The summed E-state index contributed by atoms with van der Waals surface area (Å²) in [5, 5.41) is 6.81. The zero-order chi connectivity index (χ0) is 14.7. The van der Waals surface area contributed by atoms with Crippen LogP contribution in [0.15, 0.2) is 49.1 Å². The van der Waals surface area contributed by atoms with Crippen LogP contribution in [0.25, 0.3) is 17.2 Å². The van der Waals surface area contributed by atoms with E-state index in [1.54, 1.807) is 47.7 Å². The maximum absolute atomic E-state index is 11.3. The van der Waals surface area contributed by atoms with Crippen LogP contribution in [0.4, 0.5) is 5.82 Å². The van der Waals surface area contributed by atoms with E-state index in [0.29, 0.717) is 17.5 Å². The van der Waals surface area contributed by atoms with Gasteiger partial charge in [-0.25, -0.2) is 14.6 Å². The lowest BCUT2D eigenvalue weighted by Crippen LogP contribution is -2.10. The van der Waals surface area contributed by atoms with Gasteiger partial charge >= 0.3 is 0 Å². The summed E-state index contributed by atoms with van der Waals surface area (Å²) in [5.74, 6) is 1.26. The van der Waals surface area contributed by atoms with Gasteiger partial charge in [0, 0.05) is 43.3 Å². The van der Waals surface area contributed by atoms with E-state index in [-0.39, 0.29) is 5.91 Å². The normalized spacial score (nSPS) is 10.3. The summed E-state index contributed by atoms with van der Waals surface area (Å²) in [7, 11) is 0. The Kier molecular flexibility index (Phi) is 3.38. The minimum absolute atomic E-state index is 0.197. The predicted octanol–water partition coefficient (Wildman–Crippen LogP) is 1.68. The van der Waals surface area contributed by atoms with Gasteiger partial charge in [-0.15, -0.1) is 0 Å². The molecule has 3 aromatic rings. The number of hydrogen-bond donors (Lipinski definition) is 1. The van der Waals surface area contributed by atoms with Crippen LogP contribution in [0.2, 0.25) is 0 Å². The Hall–Kier alpha value is -3.09. The minimum atomic E-state index is -0.197. The average Bonchev–Trinajstić information content (AvgIpc) is 3.01. The monoisotopic (exact) mass is 280 g/mol. The van der Waals surface area contributed by atoms with Crippen LogP contribution < -0.4 is 5.32 Å². The quantitative estimate of drug-likeness (QED) is 0.789. The molecule has 21 heavy (non-hydrogen) atoms. The SMILES string of the molecule is CC(=O)Nc1cc(-n2cccn2)nc(-c2cccnc2)n1. The smallest absolute Gasteiger partial charge is 0.222 e. The Morgan fingerprint density at radius 3 is 2.81 bits per heavy atom. The van der Waals surface area contributed by atoms with Crippen molar-refractivity contribution in [3.63, 3.8) is 0 Å². The van der Waals surface area contributed by atoms with Crippen LogP contribution in [0.3, 0.4) is 0 Å². The topological polar surface area (TPSA) is 85.6 Å². The first-order valence-corrected chi connectivity index (χ1v) is 6.29. The zero-order valence-electron chi connectivity index (χ0n) is 11.3. The van der Waals surface area contributed by atoms with Gasteiger partial charge in [0.1, 0.15) is 5.82 Å². The summed E-state index contributed by atoms with van der Waals surface area (Å²) in [6.07, 6.45) is 6.77. The second-order valence-corrected chi connectivity index (χ2v) is 4.31. The molecule has 3 heterocycles. The molecule has 1 amide bonds. The van der Waals surface area contributed by atoms with Crippen molar-refractivity contribution in [3.8, 4) is 17.2 Å². The maximum Gasteiger partial charge on any atom is 0.222 e. The number of aromatic nitrogens is 5. The van der Waals surface area contributed by atoms with Crippen LogP contribution in [0.1, 0.15) is 6.92 Å².